The molecule has 220 valence electrons. The fraction of sp³-hybridized carbons (Fsp3) is 0.387. The minimum absolute atomic E-state index is 0.263. The van der Waals surface area contributed by atoms with Gasteiger partial charge in [0.1, 0.15) is 11.3 Å². The van der Waals surface area contributed by atoms with Gasteiger partial charge in [-0.2, -0.15) is 5.10 Å². The number of aliphatic hydroxyl groups is 1. The van der Waals surface area contributed by atoms with Gasteiger partial charge in [0.05, 0.1) is 17.8 Å². The Kier molecular flexibility index (Phi) is 8.13. The molecule has 1 aliphatic rings. The molecule has 0 radical (unpaired) electrons. The molecule has 0 aliphatic carbocycles. The normalized spacial score (nSPS) is 14.1. The van der Waals surface area contributed by atoms with E-state index in [0.29, 0.717) is 31.3 Å². The first-order valence-electron chi connectivity index (χ1n) is 14.1. The zero-order chi connectivity index (χ0) is 29.9. The minimum atomic E-state index is -0.925. The van der Waals surface area contributed by atoms with E-state index in [1.165, 1.54) is 0 Å². The Morgan fingerprint density at radius 2 is 1.74 bits per heavy atom. The maximum atomic E-state index is 12.4. The third kappa shape index (κ3) is 7.41. The van der Waals surface area contributed by atoms with E-state index in [2.05, 4.69) is 32.3 Å². The zero-order valence-corrected chi connectivity index (χ0v) is 24.8. The SMILES string of the molecule is CC(C)(O)Cn1cc(-c2ccnc(Nc3ccc(N4CCN(C(=O)OC(C)(C)C)CC4)cc3)n2)c(-c2cccnc2)n1. The Morgan fingerprint density at radius 1 is 1.00 bits per heavy atom. The molecular weight excluding hydrogens is 532 g/mol. The molecule has 2 N–H and O–H groups in total. The van der Waals surface area contributed by atoms with Gasteiger partial charge in [-0.25, -0.2) is 14.8 Å². The Labute approximate surface area is 246 Å². The number of rotatable bonds is 7. The van der Waals surface area contributed by atoms with Crippen LogP contribution >= 0.6 is 0 Å². The largest absolute Gasteiger partial charge is 0.444 e. The van der Waals surface area contributed by atoms with Crippen LogP contribution in [-0.2, 0) is 11.3 Å². The first kappa shape index (κ1) is 29.0. The number of piperazine rings is 1. The Bertz CT molecular complexity index is 1500. The highest BCUT2D eigenvalue weighted by Crippen LogP contribution is 2.31. The van der Waals surface area contributed by atoms with Gasteiger partial charge in [0.2, 0.25) is 5.95 Å². The van der Waals surface area contributed by atoms with Crippen LogP contribution in [0.4, 0.5) is 22.1 Å². The molecule has 0 spiro atoms. The number of ether oxygens (including phenoxy) is 1. The van der Waals surface area contributed by atoms with E-state index >= 15 is 0 Å². The summed E-state index contributed by atoms with van der Waals surface area (Å²) < 4.78 is 7.24. The molecule has 42 heavy (non-hydrogen) atoms. The molecule has 4 aromatic rings. The van der Waals surface area contributed by atoms with Gasteiger partial charge in [0.25, 0.3) is 0 Å². The molecule has 1 amide bonds. The van der Waals surface area contributed by atoms with E-state index < -0.39 is 11.2 Å². The van der Waals surface area contributed by atoms with Crippen molar-refractivity contribution in [2.75, 3.05) is 36.4 Å². The number of nitrogens with one attached hydrogen (secondary N) is 1. The summed E-state index contributed by atoms with van der Waals surface area (Å²) in [4.78, 5) is 29.9. The van der Waals surface area contributed by atoms with Crippen molar-refractivity contribution in [1.29, 1.82) is 0 Å². The van der Waals surface area contributed by atoms with Crippen LogP contribution in [0.5, 0.6) is 0 Å². The number of benzene rings is 1. The molecule has 0 unspecified atom stereocenters. The minimum Gasteiger partial charge on any atom is -0.444 e. The van der Waals surface area contributed by atoms with E-state index in [4.69, 9.17) is 14.8 Å². The highest BCUT2D eigenvalue weighted by Gasteiger charge is 2.26. The van der Waals surface area contributed by atoms with E-state index in [1.54, 1.807) is 42.0 Å². The van der Waals surface area contributed by atoms with E-state index in [9.17, 15) is 9.90 Å². The van der Waals surface area contributed by atoms with E-state index in [-0.39, 0.29) is 6.09 Å². The third-order valence-corrected chi connectivity index (χ3v) is 6.60. The Morgan fingerprint density at radius 3 is 2.38 bits per heavy atom. The van der Waals surface area contributed by atoms with Crippen molar-refractivity contribution in [3.8, 4) is 22.5 Å². The number of anilines is 3. The van der Waals surface area contributed by atoms with Crippen molar-refractivity contribution in [2.45, 2.75) is 52.4 Å². The predicted octanol–water partition coefficient (Wildman–Crippen LogP) is 4.97. The molecule has 4 heterocycles. The highest BCUT2D eigenvalue weighted by molar-refractivity contribution is 5.78. The molecule has 5 rings (SSSR count). The van der Waals surface area contributed by atoms with Crippen molar-refractivity contribution in [2.24, 2.45) is 0 Å². The number of hydrogen-bond donors (Lipinski definition) is 2. The van der Waals surface area contributed by atoms with Gasteiger partial charge in [0.15, 0.2) is 0 Å². The molecule has 1 aromatic carbocycles. The molecule has 0 bridgehead atoms. The highest BCUT2D eigenvalue weighted by atomic mass is 16.6. The van der Waals surface area contributed by atoms with E-state index in [0.717, 1.165) is 41.3 Å². The maximum Gasteiger partial charge on any atom is 0.410 e. The van der Waals surface area contributed by atoms with Crippen LogP contribution in [0.3, 0.4) is 0 Å². The molecule has 11 nitrogen and oxygen atoms in total. The summed E-state index contributed by atoms with van der Waals surface area (Å²) in [5, 5.41) is 18.4. The van der Waals surface area contributed by atoms with Crippen LogP contribution in [0, 0.1) is 0 Å². The topological polar surface area (TPSA) is 122 Å². The second-order valence-electron chi connectivity index (χ2n) is 12.0. The third-order valence-electron chi connectivity index (χ3n) is 6.60. The van der Waals surface area contributed by atoms with Gasteiger partial charge >= 0.3 is 6.09 Å². The number of carbonyl (C=O) groups excluding carboxylic acids is 1. The molecule has 0 atom stereocenters. The number of aromatic nitrogens is 5. The summed E-state index contributed by atoms with van der Waals surface area (Å²) in [5.74, 6) is 0.457. The number of amides is 1. The molecule has 1 saturated heterocycles. The van der Waals surface area contributed by atoms with Gasteiger partial charge in [0, 0.05) is 73.5 Å². The quantitative estimate of drug-likeness (QED) is 0.317. The van der Waals surface area contributed by atoms with Crippen LogP contribution in [0.2, 0.25) is 0 Å². The van der Waals surface area contributed by atoms with Crippen LogP contribution in [0.1, 0.15) is 34.6 Å². The molecule has 1 aliphatic heterocycles. The monoisotopic (exact) mass is 570 g/mol. The number of carbonyl (C=O) groups is 1. The average molecular weight is 571 g/mol. The van der Waals surface area contributed by atoms with Crippen molar-refractivity contribution in [3.63, 3.8) is 0 Å². The summed E-state index contributed by atoms with van der Waals surface area (Å²) in [7, 11) is 0. The van der Waals surface area contributed by atoms with Crippen LogP contribution in [0.15, 0.2) is 67.3 Å². The number of hydrogen-bond acceptors (Lipinski definition) is 9. The average Bonchev–Trinajstić information content (AvgIpc) is 3.36. The van der Waals surface area contributed by atoms with Crippen LogP contribution in [-0.4, -0.2) is 78.2 Å². The van der Waals surface area contributed by atoms with Crippen molar-refractivity contribution < 1.29 is 14.6 Å². The lowest BCUT2D eigenvalue weighted by atomic mass is 10.1. The summed E-state index contributed by atoms with van der Waals surface area (Å²) in [6.07, 6.45) is 6.83. The second-order valence-corrected chi connectivity index (χ2v) is 12.0. The fourth-order valence-electron chi connectivity index (χ4n) is 4.73. The first-order valence-corrected chi connectivity index (χ1v) is 14.1. The van der Waals surface area contributed by atoms with Gasteiger partial charge in [-0.15, -0.1) is 0 Å². The Hall–Kier alpha value is -4.51. The van der Waals surface area contributed by atoms with Gasteiger partial charge in [-0.3, -0.25) is 9.67 Å². The molecule has 11 heteroatoms. The predicted molar refractivity (Wildman–Crippen MR) is 163 cm³/mol. The maximum absolute atomic E-state index is 12.4. The summed E-state index contributed by atoms with van der Waals surface area (Å²) in [6, 6.07) is 13.8. The summed E-state index contributed by atoms with van der Waals surface area (Å²) in [6.45, 7) is 12.2. The van der Waals surface area contributed by atoms with Crippen molar-refractivity contribution >= 4 is 23.4 Å². The summed E-state index contributed by atoms with van der Waals surface area (Å²) in [5.41, 5.74) is 3.62. The lowest BCUT2D eigenvalue weighted by molar-refractivity contribution is 0.0240. The smallest absolute Gasteiger partial charge is 0.410 e. The standard InChI is InChI=1S/C31H38N8O3/c1-30(2,3)42-29(40)38-17-15-37(16-18-38)24-10-8-23(9-11-24)34-28-33-14-12-26(35-28)25-20-39(21-31(4,5)41)36-27(25)22-7-6-13-32-19-22/h6-14,19-20,41H,15-18,21H2,1-5H3,(H,33,34,35). The Balaban J connectivity index is 1.28. The number of pyridine rings is 1. The lowest BCUT2D eigenvalue weighted by Gasteiger charge is -2.36. The fourth-order valence-corrected chi connectivity index (χ4v) is 4.73. The second kappa shape index (κ2) is 11.8. The molecule has 3 aromatic heterocycles. The van der Waals surface area contributed by atoms with Crippen LogP contribution in [0.25, 0.3) is 22.5 Å². The van der Waals surface area contributed by atoms with E-state index in [1.807, 2.05) is 57.3 Å². The first-order chi connectivity index (χ1) is 19.9. The lowest BCUT2D eigenvalue weighted by Crippen LogP contribution is -2.50. The van der Waals surface area contributed by atoms with Gasteiger partial charge in [-0.05, 0) is 77.1 Å². The molecule has 0 saturated carbocycles. The van der Waals surface area contributed by atoms with Gasteiger partial charge in [-0.1, -0.05) is 0 Å². The van der Waals surface area contributed by atoms with Crippen molar-refractivity contribution in [3.05, 3.63) is 67.3 Å². The zero-order valence-electron chi connectivity index (χ0n) is 24.8. The molecular formula is C31H38N8O3. The van der Waals surface area contributed by atoms with Crippen molar-refractivity contribution in [1.82, 2.24) is 29.6 Å². The summed E-state index contributed by atoms with van der Waals surface area (Å²) >= 11 is 0. The number of nitrogens with zero attached hydrogens (tertiary/aromatic N) is 7. The van der Waals surface area contributed by atoms with Gasteiger partial charge < -0.3 is 25.0 Å². The molecule has 1 fully saturated rings. The van der Waals surface area contributed by atoms with Crippen LogP contribution < -0.4 is 10.2 Å².